The van der Waals surface area contributed by atoms with E-state index < -0.39 is 5.54 Å². The van der Waals surface area contributed by atoms with E-state index in [-0.39, 0.29) is 12.2 Å². The SMILES string of the molecule is COC1CN(CCC(N)(C#N)c2ccccc2)CC1OC. The number of likely N-dealkylation sites (tertiary alicyclic amines) is 1. The molecular weight excluding hydrogens is 266 g/mol. The van der Waals surface area contributed by atoms with Gasteiger partial charge >= 0.3 is 0 Å². The molecule has 5 nitrogen and oxygen atoms in total. The Balaban J connectivity index is 1.97. The zero-order valence-electron chi connectivity index (χ0n) is 12.7. The predicted molar refractivity (Wildman–Crippen MR) is 80.6 cm³/mol. The molecule has 1 aromatic rings. The fourth-order valence-corrected chi connectivity index (χ4v) is 2.79. The van der Waals surface area contributed by atoms with Gasteiger partial charge in [0.15, 0.2) is 0 Å². The van der Waals surface area contributed by atoms with Crippen LogP contribution in [0.3, 0.4) is 0 Å². The highest BCUT2D eigenvalue weighted by molar-refractivity contribution is 5.30. The summed E-state index contributed by atoms with van der Waals surface area (Å²) in [6.45, 7) is 2.37. The topological polar surface area (TPSA) is 71.5 Å². The molecule has 3 atom stereocenters. The third kappa shape index (κ3) is 3.60. The molecule has 1 aromatic carbocycles. The minimum atomic E-state index is -0.949. The van der Waals surface area contributed by atoms with Gasteiger partial charge in [-0.2, -0.15) is 5.26 Å². The maximum absolute atomic E-state index is 9.47. The van der Waals surface area contributed by atoms with Crippen molar-refractivity contribution in [3.8, 4) is 6.07 Å². The van der Waals surface area contributed by atoms with Crippen LogP contribution in [-0.2, 0) is 15.0 Å². The van der Waals surface area contributed by atoms with E-state index in [9.17, 15) is 5.26 Å². The second-order valence-electron chi connectivity index (χ2n) is 5.51. The fraction of sp³-hybridized carbons (Fsp3) is 0.562. The first-order valence-corrected chi connectivity index (χ1v) is 7.16. The van der Waals surface area contributed by atoms with Crippen molar-refractivity contribution in [2.45, 2.75) is 24.2 Å². The molecule has 1 aliphatic heterocycles. The smallest absolute Gasteiger partial charge is 0.131 e. The molecule has 1 fully saturated rings. The normalized spacial score (nSPS) is 25.4. The van der Waals surface area contributed by atoms with Crippen LogP contribution in [0.4, 0.5) is 0 Å². The van der Waals surface area contributed by atoms with Crippen molar-refractivity contribution in [2.24, 2.45) is 5.73 Å². The number of nitrogens with two attached hydrogens (primary N) is 1. The Labute approximate surface area is 126 Å². The monoisotopic (exact) mass is 289 g/mol. The quantitative estimate of drug-likeness (QED) is 0.849. The molecule has 5 heteroatoms. The minimum absolute atomic E-state index is 0.0842. The Morgan fingerprint density at radius 3 is 2.29 bits per heavy atom. The summed E-state index contributed by atoms with van der Waals surface area (Å²) in [5.41, 5.74) is 6.19. The van der Waals surface area contributed by atoms with E-state index in [4.69, 9.17) is 15.2 Å². The lowest BCUT2D eigenvalue weighted by atomic mass is 9.89. The van der Waals surface area contributed by atoms with E-state index in [1.54, 1.807) is 14.2 Å². The molecule has 0 aliphatic carbocycles. The highest BCUT2D eigenvalue weighted by atomic mass is 16.5. The van der Waals surface area contributed by atoms with Gasteiger partial charge < -0.3 is 15.2 Å². The van der Waals surface area contributed by atoms with Crippen molar-refractivity contribution in [1.82, 2.24) is 4.90 Å². The molecule has 2 rings (SSSR count). The molecule has 1 saturated heterocycles. The highest BCUT2D eigenvalue weighted by Crippen LogP contribution is 2.23. The average molecular weight is 289 g/mol. The van der Waals surface area contributed by atoms with Gasteiger partial charge in [-0.05, 0) is 12.0 Å². The highest BCUT2D eigenvalue weighted by Gasteiger charge is 2.35. The van der Waals surface area contributed by atoms with E-state index in [0.717, 1.165) is 25.2 Å². The number of nitrogens with zero attached hydrogens (tertiary/aromatic N) is 2. The Bertz CT molecular complexity index is 476. The van der Waals surface area contributed by atoms with E-state index in [0.29, 0.717) is 6.42 Å². The number of rotatable bonds is 6. The van der Waals surface area contributed by atoms with Gasteiger partial charge in [-0.1, -0.05) is 30.3 Å². The summed E-state index contributed by atoms with van der Waals surface area (Å²) in [7, 11) is 3.40. The Hall–Kier alpha value is -1.45. The largest absolute Gasteiger partial charge is 0.377 e. The second-order valence-corrected chi connectivity index (χ2v) is 5.51. The molecule has 21 heavy (non-hydrogen) atoms. The molecule has 0 aromatic heterocycles. The zero-order chi connectivity index (χ0) is 15.3. The average Bonchev–Trinajstić information content (AvgIpc) is 2.96. The summed E-state index contributed by atoms with van der Waals surface area (Å²) in [5.74, 6) is 0. The number of hydrogen-bond donors (Lipinski definition) is 1. The third-order valence-corrected chi connectivity index (χ3v) is 4.21. The first kappa shape index (κ1) is 15.9. The van der Waals surface area contributed by atoms with Crippen molar-refractivity contribution < 1.29 is 9.47 Å². The maximum atomic E-state index is 9.47. The predicted octanol–water partition coefficient (Wildman–Crippen LogP) is 1.10. The summed E-state index contributed by atoms with van der Waals surface area (Å²) in [4.78, 5) is 2.24. The van der Waals surface area contributed by atoms with Gasteiger partial charge in [-0.15, -0.1) is 0 Å². The van der Waals surface area contributed by atoms with Crippen LogP contribution in [0.25, 0.3) is 0 Å². The Morgan fingerprint density at radius 2 is 1.81 bits per heavy atom. The van der Waals surface area contributed by atoms with Crippen molar-refractivity contribution >= 4 is 0 Å². The molecular formula is C16H23N3O2. The van der Waals surface area contributed by atoms with Crippen LogP contribution in [0.5, 0.6) is 0 Å². The summed E-state index contributed by atoms with van der Waals surface area (Å²) in [6.07, 6.45) is 0.752. The number of benzene rings is 1. The molecule has 0 spiro atoms. The molecule has 0 bridgehead atoms. The van der Waals surface area contributed by atoms with Crippen LogP contribution in [0.1, 0.15) is 12.0 Å². The van der Waals surface area contributed by atoms with Gasteiger partial charge in [0.2, 0.25) is 0 Å². The van der Waals surface area contributed by atoms with Gasteiger partial charge in [-0.3, -0.25) is 4.90 Å². The second kappa shape index (κ2) is 7.01. The molecule has 3 unspecified atom stereocenters. The Morgan fingerprint density at radius 1 is 1.24 bits per heavy atom. The first-order valence-electron chi connectivity index (χ1n) is 7.16. The molecule has 114 valence electrons. The zero-order valence-corrected chi connectivity index (χ0v) is 12.7. The van der Waals surface area contributed by atoms with Crippen LogP contribution < -0.4 is 5.73 Å². The summed E-state index contributed by atoms with van der Waals surface area (Å²) >= 11 is 0. The van der Waals surface area contributed by atoms with Crippen LogP contribution in [0.15, 0.2) is 30.3 Å². The standard InChI is InChI=1S/C16H23N3O2/c1-20-14-10-19(11-15(14)21-2)9-8-16(18,12-17)13-6-4-3-5-7-13/h3-7,14-15H,8-11,18H2,1-2H3. The Kier molecular flexibility index (Phi) is 5.32. The lowest BCUT2D eigenvalue weighted by Crippen LogP contribution is -2.39. The lowest BCUT2D eigenvalue weighted by Gasteiger charge is -2.25. The number of ether oxygens (including phenoxy) is 2. The maximum Gasteiger partial charge on any atom is 0.131 e. The molecule has 2 N–H and O–H groups in total. The lowest BCUT2D eigenvalue weighted by molar-refractivity contribution is -0.00461. The molecule has 1 aliphatic rings. The molecule has 0 amide bonds. The number of nitriles is 1. The number of hydrogen-bond acceptors (Lipinski definition) is 5. The van der Waals surface area contributed by atoms with E-state index >= 15 is 0 Å². The van der Waals surface area contributed by atoms with Gasteiger partial charge in [-0.25, -0.2) is 0 Å². The van der Waals surface area contributed by atoms with Crippen molar-refractivity contribution in [3.05, 3.63) is 35.9 Å². The third-order valence-electron chi connectivity index (χ3n) is 4.21. The summed E-state index contributed by atoms with van der Waals surface area (Å²) in [6, 6.07) is 11.8. The molecule has 0 saturated carbocycles. The van der Waals surface area contributed by atoms with Crippen LogP contribution >= 0.6 is 0 Å². The fourth-order valence-electron chi connectivity index (χ4n) is 2.79. The van der Waals surface area contributed by atoms with Gasteiger partial charge in [0, 0.05) is 33.9 Å². The van der Waals surface area contributed by atoms with Crippen LogP contribution in [-0.4, -0.2) is 51.0 Å². The molecule has 1 heterocycles. The first-order chi connectivity index (χ1) is 10.1. The summed E-state index contributed by atoms with van der Waals surface area (Å²) in [5, 5.41) is 9.47. The van der Waals surface area contributed by atoms with E-state index in [2.05, 4.69) is 11.0 Å². The van der Waals surface area contributed by atoms with Crippen LogP contribution in [0.2, 0.25) is 0 Å². The van der Waals surface area contributed by atoms with Gasteiger partial charge in [0.05, 0.1) is 18.3 Å². The van der Waals surface area contributed by atoms with Gasteiger partial charge in [0.25, 0.3) is 0 Å². The van der Waals surface area contributed by atoms with Crippen molar-refractivity contribution in [1.29, 1.82) is 5.26 Å². The number of methoxy groups -OCH3 is 2. The van der Waals surface area contributed by atoms with E-state index in [1.807, 2.05) is 30.3 Å². The van der Waals surface area contributed by atoms with Gasteiger partial charge in [0.1, 0.15) is 5.54 Å². The van der Waals surface area contributed by atoms with E-state index in [1.165, 1.54) is 0 Å². The summed E-state index contributed by atoms with van der Waals surface area (Å²) < 4.78 is 10.8. The van der Waals surface area contributed by atoms with Crippen molar-refractivity contribution in [2.75, 3.05) is 33.9 Å². The molecule has 0 radical (unpaired) electrons. The van der Waals surface area contributed by atoms with Crippen LogP contribution in [0, 0.1) is 11.3 Å². The minimum Gasteiger partial charge on any atom is -0.377 e. The van der Waals surface area contributed by atoms with Crippen molar-refractivity contribution in [3.63, 3.8) is 0 Å².